The number of hydrogen-bond donors (Lipinski definition) is 1. The number of piperidine rings is 1. The zero-order chi connectivity index (χ0) is 22.1. The van der Waals surface area contributed by atoms with Gasteiger partial charge in [0, 0.05) is 19.3 Å². The predicted octanol–water partition coefficient (Wildman–Crippen LogP) is 2.14. The van der Waals surface area contributed by atoms with E-state index in [1.54, 1.807) is 24.3 Å². The Morgan fingerprint density at radius 1 is 1.27 bits per heavy atom. The molecule has 164 valence electrons. The lowest BCUT2D eigenvalue weighted by Gasteiger charge is -2.50. The molecule has 3 rings (SSSR count). The maximum Gasteiger partial charge on any atom is 0.344 e. The number of ether oxygens (including phenoxy) is 2. The van der Waals surface area contributed by atoms with Crippen molar-refractivity contribution in [1.29, 1.82) is 0 Å². The van der Waals surface area contributed by atoms with Crippen molar-refractivity contribution in [2.24, 2.45) is 5.18 Å². The van der Waals surface area contributed by atoms with Crippen molar-refractivity contribution >= 4 is 11.9 Å². The Bertz CT molecular complexity index is 800. The quantitative estimate of drug-likeness (QED) is 0.413. The Morgan fingerprint density at radius 3 is 2.47 bits per heavy atom. The molecule has 2 saturated heterocycles. The first-order chi connectivity index (χ1) is 14.2. The number of rotatable bonds is 7. The second-order valence-electron chi connectivity index (χ2n) is 8.87. The van der Waals surface area contributed by atoms with E-state index in [0.29, 0.717) is 22.9 Å². The van der Waals surface area contributed by atoms with Crippen LogP contribution in [0.15, 0.2) is 35.5 Å². The molecule has 2 heterocycles. The van der Waals surface area contributed by atoms with Crippen molar-refractivity contribution in [1.82, 2.24) is 0 Å². The van der Waals surface area contributed by atoms with Gasteiger partial charge in [-0.15, -0.1) is 4.91 Å². The van der Waals surface area contributed by atoms with E-state index < -0.39 is 35.5 Å². The van der Waals surface area contributed by atoms with Crippen LogP contribution in [0, 0.1) is 4.91 Å². The van der Waals surface area contributed by atoms with Gasteiger partial charge in [0.05, 0.1) is 32.8 Å². The van der Waals surface area contributed by atoms with Crippen LogP contribution in [0.4, 0.5) is 0 Å². The van der Waals surface area contributed by atoms with Crippen LogP contribution in [-0.4, -0.2) is 72.1 Å². The molecule has 1 aromatic carbocycles. The molecule has 0 spiro atoms. The molecule has 6 atom stereocenters. The number of carbonyl (C=O) groups is 2. The number of methoxy groups -OCH3 is 1. The molecule has 0 radical (unpaired) electrons. The Labute approximate surface area is 176 Å². The highest BCUT2D eigenvalue weighted by Crippen LogP contribution is 2.51. The lowest BCUT2D eigenvalue weighted by molar-refractivity contribution is -0.969. The number of aliphatic hydroxyl groups is 1. The van der Waals surface area contributed by atoms with Crippen LogP contribution in [0.3, 0.4) is 0 Å². The molecule has 1 N–H and O–H groups in total. The molecule has 0 aliphatic carbocycles. The number of nitrogens with zero attached hydrogens (tertiary/aromatic N) is 2. The molecule has 30 heavy (non-hydrogen) atoms. The molecule has 0 aromatic heterocycles. The summed E-state index contributed by atoms with van der Waals surface area (Å²) < 4.78 is 11.3. The third-order valence-electron chi connectivity index (χ3n) is 7.34. The summed E-state index contributed by atoms with van der Waals surface area (Å²) in [6.07, 6.45) is 0.685. The average molecular weight is 419 g/mol. The van der Waals surface area contributed by atoms with Gasteiger partial charge in [-0.25, -0.2) is 4.79 Å². The van der Waals surface area contributed by atoms with Crippen molar-refractivity contribution in [3.8, 4) is 0 Å². The van der Waals surface area contributed by atoms with Crippen molar-refractivity contribution in [3.05, 3.63) is 40.8 Å². The molecule has 2 bridgehead atoms. The van der Waals surface area contributed by atoms with E-state index in [0.717, 1.165) is 0 Å². The molecule has 2 aliphatic heterocycles. The number of quaternary nitrogens is 1. The molecule has 6 unspecified atom stereocenters. The summed E-state index contributed by atoms with van der Waals surface area (Å²) >= 11 is 0. The van der Waals surface area contributed by atoms with Crippen molar-refractivity contribution in [2.75, 3.05) is 20.8 Å². The fourth-order valence-corrected chi connectivity index (χ4v) is 5.44. The van der Waals surface area contributed by atoms with Gasteiger partial charge in [0.15, 0.2) is 0 Å². The SMILES string of the molecule is COC(=O)C1(N=O)CC2CC(OC(=O)C(CO)c3ccccc3)CC1[N+]2(C)C(C)C. The summed E-state index contributed by atoms with van der Waals surface area (Å²) in [5.41, 5.74) is -0.792. The Balaban J connectivity index is 1.85. The molecular weight excluding hydrogens is 388 g/mol. The number of benzene rings is 1. The van der Waals surface area contributed by atoms with E-state index in [2.05, 4.69) is 19.0 Å². The van der Waals surface area contributed by atoms with Crippen molar-refractivity contribution < 1.29 is 28.7 Å². The fraction of sp³-hybridized carbons (Fsp3) is 0.636. The van der Waals surface area contributed by atoms with E-state index in [1.807, 2.05) is 13.1 Å². The highest BCUT2D eigenvalue weighted by molar-refractivity contribution is 5.82. The number of fused-ring (bicyclic) bond motifs is 2. The van der Waals surface area contributed by atoms with Crippen LogP contribution < -0.4 is 0 Å². The maximum absolute atomic E-state index is 12.8. The minimum atomic E-state index is -1.48. The third-order valence-corrected chi connectivity index (χ3v) is 7.34. The zero-order valence-corrected chi connectivity index (χ0v) is 18.0. The lowest BCUT2D eigenvalue weighted by Crippen LogP contribution is -2.66. The molecule has 8 heteroatoms. The minimum Gasteiger partial charge on any atom is -0.467 e. The van der Waals surface area contributed by atoms with Gasteiger partial charge in [0.25, 0.3) is 5.54 Å². The average Bonchev–Trinajstić information content (AvgIpc) is 2.87. The van der Waals surface area contributed by atoms with E-state index >= 15 is 0 Å². The largest absolute Gasteiger partial charge is 0.467 e. The second kappa shape index (κ2) is 8.43. The van der Waals surface area contributed by atoms with E-state index in [1.165, 1.54) is 7.11 Å². The Morgan fingerprint density at radius 2 is 1.93 bits per heavy atom. The van der Waals surface area contributed by atoms with E-state index in [4.69, 9.17) is 9.47 Å². The van der Waals surface area contributed by atoms with Gasteiger partial charge < -0.3 is 19.1 Å². The van der Waals surface area contributed by atoms with Gasteiger partial charge in [0.1, 0.15) is 18.1 Å². The first-order valence-electron chi connectivity index (χ1n) is 10.4. The summed E-state index contributed by atoms with van der Waals surface area (Å²) in [6.45, 7) is 3.76. The van der Waals surface area contributed by atoms with Gasteiger partial charge in [0.2, 0.25) is 0 Å². The topological polar surface area (TPSA) is 102 Å². The van der Waals surface area contributed by atoms with Crippen LogP contribution in [-0.2, 0) is 19.1 Å². The van der Waals surface area contributed by atoms with Crippen LogP contribution in [0.25, 0.3) is 0 Å². The third kappa shape index (κ3) is 3.41. The fourth-order valence-electron chi connectivity index (χ4n) is 5.44. The van der Waals surface area contributed by atoms with Crippen molar-refractivity contribution in [3.63, 3.8) is 0 Å². The monoisotopic (exact) mass is 419 g/mol. The minimum absolute atomic E-state index is 0.0670. The Kier molecular flexibility index (Phi) is 6.29. The van der Waals surface area contributed by atoms with E-state index in [-0.39, 0.29) is 25.1 Å². The normalized spacial score (nSPS) is 33.7. The van der Waals surface area contributed by atoms with Crippen LogP contribution in [0.1, 0.15) is 44.6 Å². The second-order valence-corrected chi connectivity index (χ2v) is 8.87. The smallest absolute Gasteiger partial charge is 0.344 e. The number of nitroso groups, excluding NO2 is 1. The van der Waals surface area contributed by atoms with Gasteiger partial charge in [-0.2, -0.15) is 0 Å². The van der Waals surface area contributed by atoms with Gasteiger partial charge in [-0.3, -0.25) is 4.79 Å². The molecular formula is C22H31N2O6+. The Hall–Kier alpha value is -2.32. The zero-order valence-electron chi connectivity index (χ0n) is 18.0. The van der Waals surface area contributed by atoms with Gasteiger partial charge in [-0.1, -0.05) is 30.3 Å². The molecule has 0 saturated carbocycles. The first-order valence-corrected chi connectivity index (χ1v) is 10.4. The standard InChI is InChI=1S/C22H31N2O6/c1-14(2)24(3)16-10-17(11-19(24)22(12-16,23-28)21(27)29-4)30-20(26)18(13-25)15-8-6-5-7-9-15/h5-9,14,16-19,25H,10-13H2,1-4H3/q+1. The first kappa shape index (κ1) is 22.4. The summed E-state index contributed by atoms with van der Waals surface area (Å²) in [5, 5.41) is 13.1. The molecule has 0 amide bonds. The van der Waals surface area contributed by atoms with Crippen LogP contribution in [0.2, 0.25) is 0 Å². The van der Waals surface area contributed by atoms with Crippen LogP contribution in [0.5, 0.6) is 0 Å². The number of aliphatic hydroxyl groups excluding tert-OH is 1. The molecule has 2 aliphatic rings. The maximum atomic E-state index is 12.8. The van der Waals surface area contributed by atoms with Gasteiger partial charge in [-0.05, 0) is 24.6 Å². The summed E-state index contributed by atoms with van der Waals surface area (Å²) in [7, 11) is 3.30. The van der Waals surface area contributed by atoms with Crippen LogP contribution >= 0.6 is 0 Å². The molecule has 1 aromatic rings. The molecule has 2 fully saturated rings. The number of carbonyl (C=O) groups excluding carboxylic acids is 2. The predicted molar refractivity (Wildman–Crippen MR) is 109 cm³/mol. The highest BCUT2D eigenvalue weighted by atomic mass is 16.5. The molecule has 8 nitrogen and oxygen atoms in total. The summed E-state index contributed by atoms with van der Waals surface area (Å²) in [6, 6.07) is 8.64. The lowest BCUT2D eigenvalue weighted by atomic mass is 9.87. The summed E-state index contributed by atoms with van der Waals surface area (Å²) in [5.74, 6) is -1.90. The van der Waals surface area contributed by atoms with Gasteiger partial charge >= 0.3 is 11.9 Å². The number of likely N-dealkylation sites (N-methyl/N-ethyl adjacent to an activating group) is 1. The number of esters is 2. The number of hydrogen-bond acceptors (Lipinski definition) is 7. The highest BCUT2D eigenvalue weighted by Gasteiger charge is 2.71. The van der Waals surface area contributed by atoms with Crippen molar-refractivity contribution in [2.45, 2.75) is 68.8 Å². The van der Waals surface area contributed by atoms with E-state index in [9.17, 15) is 19.6 Å². The summed E-state index contributed by atoms with van der Waals surface area (Å²) in [4.78, 5) is 37.4.